The number of hydrogen-bond acceptors (Lipinski definition) is 4. The SMILES string of the molecule is N=C(N)C1CCN(c2nncc3ccccc23)CC1. The summed E-state index contributed by atoms with van der Waals surface area (Å²) in [5, 5.41) is 18.1. The Hall–Kier alpha value is -2.17. The van der Waals surface area contributed by atoms with E-state index in [9.17, 15) is 0 Å². The van der Waals surface area contributed by atoms with Crippen molar-refractivity contribution in [3.05, 3.63) is 30.5 Å². The van der Waals surface area contributed by atoms with E-state index in [-0.39, 0.29) is 5.92 Å². The van der Waals surface area contributed by atoms with Gasteiger partial charge in [-0.1, -0.05) is 24.3 Å². The van der Waals surface area contributed by atoms with Crippen LogP contribution in [0.5, 0.6) is 0 Å². The van der Waals surface area contributed by atoms with Crippen LogP contribution in [0, 0.1) is 11.3 Å². The van der Waals surface area contributed by atoms with Crippen LogP contribution < -0.4 is 10.6 Å². The van der Waals surface area contributed by atoms with Gasteiger partial charge in [0.25, 0.3) is 0 Å². The Labute approximate surface area is 111 Å². The number of benzene rings is 1. The van der Waals surface area contributed by atoms with Crippen LogP contribution in [0.15, 0.2) is 30.5 Å². The Morgan fingerprint density at radius 1 is 1.26 bits per heavy atom. The minimum atomic E-state index is 0.221. The molecular weight excluding hydrogens is 238 g/mol. The molecule has 0 bridgehead atoms. The van der Waals surface area contributed by atoms with Crippen molar-refractivity contribution in [2.45, 2.75) is 12.8 Å². The molecule has 1 fully saturated rings. The summed E-state index contributed by atoms with van der Waals surface area (Å²) in [6.45, 7) is 1.76. The Morgan fingerprint density at radius 2 is 2.00 bits per heavy atom. The van der Waals surface area contributed by atoms with Crippen LogP contribution in [0.25, 0.3) is 10.8 Å². The Kier molecular flexibility index (Phi) is 3.03. The van der Waals surface area contributed by atoms with Crippen molar-refractivity contribution in [1.82, 2.24) is 10.2 Å². The fourth-order valence-electron chi connectivity index (χ4n) is 2.65. The van der Waals surface area contributed by atoms with Crippen molar-refractivity contribution in [3.63, 3.8) is 0 Å². The van der Waals surface area contributed by atoms with Crippen LogP contribution >= 0.6 is 0 Å². The first-order chi connectivity index (χ1) is 9.25. The summed E-state index contributed by atoms with van der Waals surface area (Å²) in [7, 11) is 0. The number of aromatic nitrogens is 2. The number of piperidine rings is 1. The number of hydrogen-bond donors (Lipinski definition) is 2. The summed E-state index contributed by atoms with van der Waals surface area (Å²) in [6.07, 6.45) is 3.63. The summed E-state index contributed by atoms with van der Waals surface area (Å²) in [5.74, 6) is 1.47. The highest BCUT2D eigenvalue weighted by atomic mass is 15.3. The van der Waals surface area contributed by atoms with Crippen molar-refractivity contribution in [2.75, 3.05) is 18.0 Å². The second-order valence-electron chi connectivity index (χ2n) is 4.97. The Balaban J connectivity index is 1.88. The molecular formula is C14H17N5. The highest BCUT2D eigenvalue weighted by Gasteiger charge is 2.23. The topological polar surface area (TPSA) is 78.9 Å². The third-order valence-corrected chi connectivity index (χ3v) is 3.79. The largest absolute Gasteiger partial charge is 0.387 e. The molecule has 19 heavy (non-hydrogen) atoms. The van der Waals surface area contributed by atoms with Crippen LogP contribution in [0.2, 0.25) is 0 Å². The zero-order valence-electron chi connectivity index (χ0n) is 10.7. The second kappa shape index (κ2) is 4.84. The maximum Gasteiger partial charge on any atom is 0.159 e. The standard InChI is InChI=1S/C14H17N5/c15-13(16)10-5-7-19(8-6-10)14-12-4-2-1-3-11(12)9-17-18-14/h1-4,9-10H,5-8H2,(H3,15,16). The average Bonchev–Trinajstić information content (AvgIpc) is 2.47. The fraction of sp³-hybridized carbons (Fsp3) is 0.357. The van der Waals surface area contributed by atoms with Crippen LogP contribution in [-0.2, 0) is 0 Å². The van der Waals surface area contributed by atoms with Crippen molar-refractivity contribution in [1.29, 1.82) is 5.41 Å². The highest BCUT2D eigenvalue weighted by Crippen LogP contribution is 2.27. The number of nitrogens with one attached hydrogen (secondary N) is 1. The Morgan fingerprint density at radius 3 is 2.74 bits per heavy atom. The molecule has 5 nitrogen and oxygen atoms in total. The molecule has 0 saturated carbocycles. The third kappa shape index (κ3) is 2.23. The minimum absolute atomic E-state index is 0.221. The quantitative estimate of drug-likeness (QED) is 0.633. The zero-order chi connectivity index (χ0) is 13.2. The summed E-state index contributed by atoms with van der Waals surface area (Å²) < 4.78 is 0. The monoisotopic (exact) mass is 255 g/mol. The van der Waals surface area contributed by atoms with Crippen molar-refractivity contribution < 1.29 is 0 Å². The molecule has 2 heterocycles. The molecule has 1 saturated heterocycles. The van der Waals surface area contributed by atoms with E-state index in [0.29, 0.717) is 5.84 Å². The van der Waals surface area contributed by atoms with Crippen LogP contribution in [0.4, 0.5) is 5.82 Å². The molecule has 98 valence electrons. The van der Waals surface area contributed by atoms with Gasteiger partial charge in [0.1, 0.15) is 0 Å². The van der Waals surface area contributed by atoms with E-state index in [4.69, 9.17) is 11.1 Å². The molecule has 1 aromatic carbocycles. The Bertz CT molecular complexity index is 596. The normalized spacial score (nSPS) is 16.7. The van der Waals surface area contributed by atoms with Crippen LogP contribution in [-0.4, -0.2) is 29.1 Å². The van der Waals surface area contributed by atoms with Gasteiger partial charge in [-0.15, -0.1) is 5.10 Å². The van der Waals surface area contributed by atoms with E-state index in [1.807, 2.05) is 12.1 Å². The molecule has 0 amide bonds. The van der Waals surface area contributed by atoms with Crippen LogP contribution in [0.1, 0.15) is 12.8 Å². The lowest BCUT2D eigenvalue weighted by Gasteiger charge is -2.32. The molecule has 1 aliphatic heterocycles. The molecule has 1 aromatic heterocycles. The lowest BCUT2D eigenvalue weighted by Crippen LogP contribution is -2.38. The van der Waals surface area contributed by atoms with E-state index in [0.717, 1.165) is 42.5 Å². The smallest absolute Gasteiger partial charge is 0.159 e. The fourth-order valence-corrected chi connectivity index (χ4v) is 2.65. The molecule has 2 aromatic rings. The van der Waals surface area contributed by atoms with Gasteiger partial charge in [0.05, 0.1) is 12.0 Å². The molecule has 0 radical (unpaired) electrons. The average molecular weight is 255 g/mol. The summed E-state index contributed by atoms with van der Waals surface area (Å²) in [5.41, 5.74) is 5.58. The van der Waals surface area contributed by atoms with E-state index >= 15 is 0 Å². The number of nitrogens with two attached hydrogens (primary N) is 1. The molecule has 0 spiro atoms. The van der Waals surface area contributed by atoms with Gasteiger partial charge in [-0.3, -0.25) is 5.41 Å². The molecule has 5 heteroatoms. The lowest BCUT2D eigenvalue weighted by molar-refractivity contribution is 0.495. The maximum absolute atomic E-state index is 7.52. The minimum Gasteiger partial charge on any atom is -0.387 e. The third-order valence-electron chi connectivity index (χ3n) is 3.79. The van der Waals surface area contributed by atoms with E-state index in [1.54, 1.807) is 6.20 Å². The van der Waals surface area contributed by atoms with Gasteiger partial charge in [0, 0.05) is 29.8 Å². The van der Waals surface area contributed by atoms with E-state index in [2.05, 4.69) is 27.2 Å². The van der Waals surface area contributed by atoms with Gasteiger partial charge in [0.2, 0.25) is 0 Å². The first-order valence-electron chi connectivity index (χ1n) is 6.55. The summed E-state index contributed by atoms with van der Waals surface area (Å²) in [6, 6.07) is 8.16. The molecule has 0 aliphatic carbocycles. The number of anilines is 1. The first-order valence-corrected chi connectivity index (χ1v) is 6.55. The van der Waals surface area contributed by atoms with Gasteiger partial charge >= 0.3 is 0 Å². The van der Waals surface area contributed by atoms with Gasteiger partial charge in [-0.25, -0.2) is 0 Å². The summed E-state index contributed by atoms with van der Waals surface area (Å²) >= 11 is 0. The van der Waals surface area contributed by atoms with E-state index < -0.39 is 0 Å². The first kappa shape index (κ1) is 11.9. The predicted octanol–water partition coefficient (Wildman–Crippen LogP) is 1.78. The second-order valence-corrected chi connectivity index (χ2v) is 4.97. The molecule has 3 rings (SSSR count). The van der Waals surface area contributed by atoms with Crippen molar-refractivity contribution in [2.24, 2.45) is 11.7 Å². The van der Waals surface area contributed by atoms with Gasteiger partial charge in [-0.05, 0) is 12.8 Å². The molecule has 0 unspecified atom stereocenters. The van der Waals surface area contributed by atoms with Crippen molar-refractivity contribution in [3.8, 4) is 0 Å². The van der Waals surface area contributed by atoms with Crippen molar-refractivity contribution >= 4 is 22.4 Å². The van der Waals surface area contributed by atoms with Gasteiger partial charge < -0.3 is 10.6 Å². The number of fused-ring (bicyclic) bond motifs is 1. The predicted molar refractivity (Wildman–Crippen MR) is 76.4 cm³/mol. The summed E-state index contributed by atoms with van der Waals surface area (Å²) in [4.78, 5) is 2.24. The van der Waals surface area contributed by atoms with Crippen LogP contribution in [0.3, 0.4) is 0 Å². The highest BCUT2D eigenvalue weighted by molar-refractivity contribution is 5.91. The lowest BCUT2D eigenvalue weighted by atomic mass is 9.95. The zero-order valence-corrected chi connectivity index (χ0v) is 10.7. The van der Waals surface area contributed by atoms with E-state index in [1.165, 1.54) is 0 Å². The number of amidine groups is 1. The molecule has 3 N–H and O–H groups in total. The number of nitrogens with zero attached hydrogens (tertiary/aromatic N) is 3. The van der Waals surface area contributed by atoms with Gasteiger partial charge in [-0.2, -0.15) is 5.10 Å². The number of rotatable bonds is 2. The molecule has 0 atom stereocenters. The van der Waals surface area contributed by atoms with Gasteiger partial charge in [0.15, 0.2) is 5.82 Å². The molecule has 1 aliphatic rings. The maximum atomic E-state index is 7.52.